The van der Waals surface area contributed by atoms with Crippen molar-refractivity contribution in [1.29, 1.82) is 0 Å². The van der Waals surface area contributed by atoms with Gasteiger partial charge in [-0.1, -0.05) is 18.2 Å². The molecule has 0 aromatic heterocycles. The molecule has 0 aliphatic carbocycles. The quantitative estimate of drug-likeness (QED) is 0.829. The molecule has 0 radical (unpaired) electrons. The smallest absolute Gasteiger partial charge is 0.385 e. The van der Waals surface area contributed by atoms with Gasteiger partial charge >= 0.3 is 6.18 Å². The second-order valence-electron chi connectivity index (χ2n) is 5.30. The Hall–Kier alpha value is -1.23. The molecule has 1 fully saturated rings. The zero-order chi connectivity index (χ0) is 14.4. The maximum Gasteiger partial charge on any atom is 0.391 e. The SMILES string of the molecule is FC(F)(F)C1CCN(CCCNc2ccccc2)CC1. The molecule has 1 aliphatic heterocycles. The molecular formula is C15H21F3N2. The van der Waals surface area contributed by atoms with Gasteiger partial charge in [0, 0.05) is 12.2 Å². The minimum atomic E-state index is -4.01. The summed E-state index contributed by atoms with van der Waals surface area (Å²) >= 11 is 0. The first-order valence-corrected chi connectivity index (χ1v) is 7.14. The molecule has 5 heteroatoms. The van der Waals surface area contributed by atoms with Gasteiger partial charge in [-0.2, -0.15) is 13.2 Å². The standard InChI is InChI=1S/C15H21F3N2/c16-15(17,18)13-7-11-20(12-8-13)10-4-9-19-14-5-2-1-3-6-14/h1-3,5-6,13,19H,4,7-12H2. The van der Waals surface area contributed by atoms with E-state index in [9.17, 15) is 13.2 Å². The lowest BCUT2D eigenvalue weighted by molar-refractivity contribution is -0.185. The van der Waals surface area contributed by atoms with Gasteiger partial charge in [0.15, 0.2) is 0 Å². The van der Waals surface area contributed by atoms with Crippen molar-refractivity contribution in [2.75, 3.05) is 31.5 Å². The number of likely N-dealkylation sites (tertiary alicyclic amines) is 1. The Labute approximate surface area is 118 Å². The van der Waals surface area contributed by atoms with E-state index in [0.29, 0.717) is 13.1 Å². The molecule has 1 aromatic rings. The Balaban J connectivity index is 1.60. The zero-order valence-electron chi connectivity index (χ0n) is 11.5. The molecule has 1 aliphatic rings. The van der Waals surface area contributed by atoms with Gasteiger partial charge in [-0.25, -0.2) is 0 Å². The summed E-state index contributed by atoms with van der Waals surface area (Å²) in [5.41, 5.74) is 1.09. The number of hydrogen-bond donors (Lipinski definition) is 1. The lowest BCUT2D eigenvalue weighted by Crippen LogP contribution is -2.39. The fourth-order valence-corrected chi connectivity index (χ4v) is 2.58. The maximum absolute atomic E-state index is 12.5. The molecule has 1 heterocycles. The number of alkyl halides is 3. The fourth-order valence-electron chi connectivity index (χ4n) is 2.58. The number of halogens is 3. The molecule has 112 valence electrons. The van der Waals surface area contributed by atoms with E-state index in [-0.39, 0.29) is 12.8 Å². The van der Waals surface area contributed by atoms with E-state index in [1.54, 1.807) is 0 Å². The van der Waals surface area contributed by atoms with Crippen molar-refractivity contribution in [1.82, 2.24) is 4.90 Å². The highest BCUT2D eigenvalue weighted by molar-refractivity contribution is 5.42. The molecule has 1 aromatic carbocycles. The molecule has 1 saturated heterocycles. The minimum absolute atomic E-state index is 0.246. The highest BCUT2D eigenvalue weighted by Gasteiger charge is 2.40. The highest BCUT2D eigenvalue weighted by atomic mass is 19.4. The number of nitrogens with one attached hydrogen (secondary N) is 1. The summed E-state index contributed by atoms with van der Waals surface area (Å²) in [4.78, 5) is 2.13. The first kappa shape index (κ1) is 15.2. The lowest BCUT2D eigenvalue weighted by atomic mass is 9.96. The van der Waals surface area contributed by atoms with Crippen LogP contribution in [0.15, 0.2) is 30.3 Å². The third-order valence-electron chi connectivity index (χ3n) is 3.80. The number of piperidine rings is 1. The molecular weight excluding hydrogens is 265 g/mol. The Kier molecular flexibility index (Phi) is 5.29. The number of nitrogens with zero attached hydrogens (tertiary/aromatic N) is 1. The molecule has 0 spiro atoms. The molecule has 0 atom stereocenters. The second kappa shape index (κ2) is 6.97. The van der Waals surface area contributed by atoms with Gasteiger partial charge in [-0.05, 0) is 51.0 Å². The van der Waals surface area contributed by atoms with Crippen molar-refractivity contribution in [2.24, 2.45) is 5.92 Å². The van der Waals surface area contributed by atoms with E-state index in [1.165, 1.54) is 0 Å². The molecule has 0 unspecified atom stereocenters. The Bertz CT molecular complexity index is 384. The van der Waals surface area contributed by atoms with E-state index in [4.69, 9.17) is 0 Å². The molecule has 1 N–H and O–H groups in total. The Morgan fingerprint density at radius 1 is 1.10 bits per heavy atom. The van der Waals surface area contributed by atoms with Gasteiger partial charge in [0.1, 0.15) is 0 Å². The number of rotatable bonds is 5. The van der Waals surface area contributed by atoms with Crippen LogP contribution in [0, 0.1) is 5.92 Å². The van der Waals surface area contributed by atoms with Crippen LogP contribution in [0.1, 0.15) is 19.3 Å². The molecule has 20 heavy (non-hydrogen) atoms. The van der Waals surface area contributed by atoms with Gasteiger partial charge in [-0.15, -0.1) is 0 Å². The highest BCUT2D eigenvalue weighted by Crippen LogP contribution is 2.33. The predicted octanol–water partition coefficient (Wildman–Crippen LogP) is 3.76. The first-order valence-electron chi connectivity index (χ1n) is 7.14. The van der Waals surface area contributed by atoms with Gasteiger partial charge in [0.05, 0.1) is 5.92 Å². The van der Waals surface area contributed by atoms with Crippen LogP contribution in [0.3, 0.4) is 0 Å². The van der Waals surface area contributed by atoms with E-state index in [2.05, 4.69) is 10.2 Å². The Morgan fingerprint density at radius 3 is 2.35 bits per heavy atom. The van der Waals surface area contributed by atoms with Gasteiger partial charge in [0.2, 0.25) is 0 Å². The largest absolute Gasteiger partial charge is 0.391 e. The number of para-hydroxylation sites is 1. The third-order valence-corrected chi connectivity index (χ3v) is 3.80. The van der Waals surface area contributed by atoms with Gasteiger partial charge in [0.25, 0.3) is 0 Å². The third kappa shape index (κ3) is 4.71. The first-order chi connectivity index (χ1) is 9.55. The zero-order valence-corrected chi connectivity index (χ0v) is 11.5. The second-order valence-corrected chi connectivity index (χ2v) is 5.30. The number of hydrogen-bond acceptors (Lipinski definition) is 2. The molecule has 2 nitrogen and oxygen atoms in total. The topological polar surface area (TPSA) is 15.3 Å². The van der Waals surface area contributed by atoms with E-state index >= 15 is 0 Å². The van der Waals surface area contributed by atoms with Crippen molar-refractivity contribution >= 4 is 5.69 Å². The van der Waals surface area contributed by atoms with E-state index in [0.717, 1.165) is 25.2 Å². The lowest BCUT2D eigenvalue weighted by Gasteiger charge is -2.32. The van der Waals surface area contributed by atoms with Gasteiger partial charge < -0.3 is 10.2 Å². The maximum atomic E-state index is 12.5. The summed E-state index contributed by atoms with van der Waals surface area (Å²) in [5.74, 6) is -1.10. The van der Waals surface area contributed by atoms with Crippen LogP contribution < -0.4 is 5.32 Å². The average molecular weight is 286 g/mol. The fraction of sp³-hybridized carbons (Fsp3) is 0.600. The van der Waals surface area contributed by atoms with Crippen molar-refractivity contribution < 1.29 is 13.2 Å². The summed E-state index contributed by atoms with van der Waals surface area (Å²) in [7, 11) is 0. The molecule has 0 bridgehead atoms. The van der Waals surface area contributed by atoms with Crippen LogP contribution in [0.25, 0.3) is 0 Å². The van der Waals surface area contributed by atoms with Crippen molar-refractivity contribution in [3.05, 3.63) is 30.3 Å². The van der Waals surface area contributed by atoms with E-state index < -0.39 is 12.1 Å². The van der Waals surface area contributed by atoms with Crippen molar-refractivity contribution in [2.45, 2.75) is 25.4 Å². The summed E-state index contributed by atoms with van der Waals surface area (Å²) in [6, 6.07) is 9.94. The number of anilines is 1. The molecule has 0 saturated carbocycles. The predicted molar refractivity (Wildman–Crippen MR) is 74.8 cm³/mol. The normalized spacial score (nSPS) is 18.1. The van der Waals surface area contributed by atoms with Crippen LogP contribution >= 0.6 is 0 Å². The van der Waals surface area contributed by atoms with Crippen LogP contribution in [0.5, 0.6) is 0 Å². The van der Waals surface area contributed by atoms with Crippen molar-refractivity contribution in [3.63, 3.8) is 0 Å². The summed E-state index contributed by atoms with van der Waals surface area (Å²) < 4.78 is 37.6. The van der Waals surface area contributed by atoms with Crippen molar-refractivity contribution in [3.8, 4) is 0 Å². The minimum Gasteiger partial charge on any atom is -0.385 e. The van der Waals surface area contributed by atoms with E-state index in [1.807, 2.05) is 30.3 Å². The number of benzene rings is 1. The summed E-state index contributed by atoms with van der Waals surface area (Å²) in [6.07, 6.45) is -2.57. The van der Waals surface area contributed by atoms with Crippen LogP contribution in [-0.2, 0) is 0 Å². The monoisotopic (exact) mass is 286 g/mol. The molecule has 2 rings (SSSR count). The molecule has 0 amide bonds. The Morgan fingerprint density at radius 2 is 1.75 bits per heavy atom. The van der Waals surface area contributed by atoms with Gasteiger partial charge in [-0.3, -0.25) is 0 Å². The summed E-state index contributed by atoms with van der Waals surface area (Å²) in [6.45, 7) is 2.85. The average Bonchev–Trinajstić information content (AvgIpc) is 2.44. The summed E-state index contributed by atoms with van der Waals surface area (Å²) in [5, 5.41) is 3.31. The van der Waals surface area contributed by atoms with Crippen LogP contribution in [-0.4, -0.2) is 37.3 Å². The van der Waals surface area contributed by atoms with Crippen LogP contribution in [0.4, 0.5) is 18.9 Å². The van der Waals surface area contributed by atoms with Crippen LogP contribution in [0.2, 0.25) is 0 Å².